The van der Waals surface area contributed by atoms with E-state index in [0.29, 0.717) is 23.9 Å². The number of hydrogen-bond donors (Lipinski definition) is 1. The summed E-state index contributed by atoms with van der Waals surface area (Å²) in [7, 11) is 0. The molecule has 1 amide bonds. The molecule has 0 unspecified atom stereocenters. The van der Waals surface area contributed by atoms with Crippen LogP contribution >= 0.6 is 0 Å². The predicted molar refractivity (Wildman–Crippen MR) is 99.0 cm³/mol. The van der Waals surface area contributed by atoms with Crippen LogP contribution < -0.4 is 5.56 Å². The first-order valence-electron chi connectivity index (χ1n) is 9.00. The SMILES string of the molecule is CCCCN(CCCC)C(=O)COC(=O)c1n[nH]c(=O)c2ccccc12. The van der Waals surface area contributed by atoms with Crippen molar-refractivity contribution in [2.24, 2.45) is 0 Å². The fourth-order valence-corrected chi connectivity index (χ4v) is 2.62. The van der Waals surface area contributed by atoms with Gasteiger partial charge in [0.05, 0.1) is 5.39 Å². The molecule has 2 aromatic rings. The normalized spacial score (nSPS) is 10.7. The number of nitrogens with zero attached hydrogens (tertiary/aromatic N) is 2. The molecule has 0 saturated heterocycles. The van der Waals surface area contributed by atoms with E-state index >= 15 is 0 Å². The Balaban J connectivity index is 2.06. The molecule has 7 heteroatoms. The minimum absolute atomic E-state index is 0.00154. The fraction of sp³-hybridized carbons (Fsp3) is 0.474. The van der Waals surface area contributed by atoms with Gasteiger partial charge in [-0.2, -0.15) is 5.10 Å². The van der Waals surface area contributed by atoms with Crippen LogP contribution in [0.15, 0.2) is 29.1 Å². The van der Waals surface area contributed by atoms with Crippen LogP contribution in [0.3, 0.4) is 0 Å². The zero-order valence-corrected chi connectivity index (χ0v) is 15.3. The van der Waals surface area contributed by atoms with Crippen molar-refractivity contribution in [2.45, 2.75) is 39.5 Å². The van der Waals surface area contributed by atoms with Gasteiger partial charge in [0.1, 0.15) is 0 Å². The summed E-state index contributed by atoms with van der Waals surface area (Å²) >= 11 is 0. The summed E-state index contributed by atoms with van der Waals surface area (Å²) < 4.78 is 5.16. The van der Waals surface area contributed by atoms with E-state index in [9.17, 15) is 14.4 Å². The van der Waals surface area contributed by atoms with Crippen LogP contribution in [0.1, 0.15) is 50.0 Å². The summed E-state index contributed by atoms with van der Waals surface area (Å²) in [5, 5.41) is 6.84. The van der Waals surface area contributed by atoms with E-state index in [1.807, 2.05) is 0 Å². The van der Waals surface area contributed by atoms with Crippen LogP contribution in [-0.2, 0) is 9.53 Å². The highest BCUT2D eigenvalue weighted by Crippen LogP contribution is 2.13. The topological polar surface area (TPSA) is 92.4 Å². The smallest absolute Gasteiger partial charge is 0.359 e. The molecule has 1 aromatic carbocycles. The molecular weight excluding hydrogens is 334 g/mol. The summed E-state index contributed by atoms with van der Waals surface area (Å²) in [6, 6.07) is 6.65. The molecule has 1 heterocycles. The summed E-state index contributed by atoms with van der Waals surface area (Å²) in [6.07, 6.45) is 3.80. The van der Waals surface area contributed by atoms with Crippen molar-refractivity contribution in [1.82, 2.24) is 15.1 Å². The second-order valence-corrected chi connectivity index (χ2v) is 6.11. The second-order valence-electron chi connectivity index (χ2n) is 6.11. The third-order valence-electron chi connectivity index (χ3n) is 4.13. The molecule has 0 radical (unpaired) electrons. The quantitative estimate of drug-likeness (QED) is 0.695. The highest BCUT2D eigenvalue weighted by molar-refractivity contribution is 6.02. The number of rotatable bonds is 9. The van der Waals surface area contributed by atoms with Gasteiger partial charge >= 0.3 is 5.97 Å². The lowest BCUT2D eigenvalue weighted by Crippen LogP contribution is -2.36. The molecule has 1 aromatic heterocycles. The largest absolute Gasteiger partial charge is 0.451 e. The van der Waals surface area contributed by atoms with Crippen molar-refractivity contribution in [1.29, 1.82) is 0 Å². The van der Waals surface area contributed by atoms with E-state index in [1.54, 1.807) is 29.2 Å². The first kappa shape index (κ1) is 19.6. The Kier molecular flexibility index (Phi) is 7.32. The summed E-state index contributed by atoms with van der Waals surface area (Å²) in [5.74, 6) is -0.939. The molecule has 140 valence electrons. The van der Waals surface area contributed by atoms with Crippen molar-refractivity contribution in [3.63, 3.8) is 0 Å². The molecule has 0 fully saturated rings. The Hall–Kier alpha value is -2.70. The minimum Gasteiger partial charge on any atom is -0.451 e. The monoisotopic (exact) mass is 359 g/mol. The maximum Gasteiger partial charge on any atom is 0.359 e. The molecule has 0 aliphatic heterocycles. The van der Waals surface area contributed by atoms with Crippen LogP contribution in [0, 0.1) is 0 Å². The molecule has 0 saturated carbocycles. The zero-order valence-electron chi connectivity index (χ0n) is 15.3. The van der Waals surface area contributed by atoms with Crippen LogP contribution in [-0.4, -0.2) is 46.7 Å². The number of H-pyrrole nitrogens is 1. The van der Waals surface area contributed by atoms with Gasteiger partial charge in [-0.05, 0) is 18.9 Å². The number of nitrogens with one attached hydrogen (secondary N) is 1. The van der Waals surface area contributed by atoms with E-state index in [2.05, 4.69) is 24.0 Å². The standard InChI is InChI=1S/C19H25N3O4/c1-3-5-11-22(12-6-4-2)16(23)13-26-19(25)17-14-9-7-8-10-15(14)18(24)21-20-17/h7-10H,3-6,11-13H2,1-2H3,(H,21,24). The van der Waals surface area contributed by atoms with Gasteiger partial charge in [-0.1, -0.05) is 44.9 Å². The van der Waals surface area contributed by atoms with Crippen molar-refractivity contribution in [2.75, 3.05) is 19.7 Å². The second kappa shape index (κ2) is 9.70. The number of carbonyl (C=O) groups is 2. The summed E-state index contributed by atoms with van der Waals surface area (Å²) in [4.78, 5) is 38.2. The van der Waals surface area contributed by atoms with Gasteiger partial charge in [-0.15, -0.1) is 0 Å². The molecule has 7 nitrogen and oxygen atoms in total. The average Bonchev–Trinajstić information content (AvgIpc) is 2.66. The molecule has 0 aliphatic rings. The maximum absolute atomic E-state index is 12.4. The van der Waals surface area contributed by atoms with E-state index in [-0.39, 0.29) is 23.8 Å². The first-order valence-corrected chi connectivity index (χ1v) is 9.00. The lowest BCUT2D eigenvalue weighted by molar-refractivity contribution is -0.134. The third kappa shape index (κ3) is 4.91. The van der Waals surface area contributed by atoms with Gasteiger partial charge < -0.3 is 9.64 Å². The molecule has 0 spiro atoms. The van der Waals surface area contributed by atoms with Crippen LogP contribution in [0.5, 0.6) is 0 Å². The van der Waals surface area contributed by atoms with E-state index in [1.165, 1.54) is 0 Å². The number of aromatic amines is 1. The lowest BCUT2D eigenvalue weighted by Gasteiger charge is -2.22. The van der Waals surface area contributed by atoms with Crippen LogP contribution in [0.2, 0.25) is 0 Å². The van der Waals surface area contributed by atoms with Gasteiger partial charge in [-0.25, -0.2) is 9.89 Å². The third-order valence-corrected chi connectivity index (χ3v) is 4.13. The fourth-order valence-electron chi connectivity index (χ4n) is 2.62. The average molecular weight is 359 g/mol. The number of hydrogen-bond acceptors (Lipinski definition) is 5. The lowest BCUT2D eigenvalue weighted by atomic mass is 10.1. The van der Waals surface area contributed by atoms with Gasteiger partial charge in [0.25, 0.3) is 11.5 Å². The molecule has 1 N–H and O–H groups in total. The minimum atomic E-state index is -0.725. The van der Waals surface area contributed by atoms with Gasteiger partial charge in [0.2, 0.25) is 0 Å². The number of amides is 1. The van der Waals surface area contributed by atoms with Crippen molar-refractivity contribution in [3.05, 3.63) is 40.3 Å². The van der Waals surface area contributed by atoms with Crippen molar-refractivity contribution >= 4 is 22.6 Å². The van der Waals surface area contributed by atoms with E-state index in [4.69, 9.17) is 4.74 Å². The van der Waals surface area contributed by atoms with Gasteiger partial charge in [0.15, 0.2) is 12.3 Å². The van der Waals surface area contributed by atoms with E-state index < -0.39 is 5.97 Å². The zero-order chi connectivity index (χ0) is 18.9. The highest BCUT2D eigenvalue weighted by atomic mass is 16.5. The number of unbranched alkanes of at least 4 members (excludes halogenated alkanes) is 2. The maximum atomic E-state index is 12.4. The highest BCUT2D eigenvalue weighted by Gasteiger charge is 2.19. The van der Waals surface area contributed by atoms with Gasteiger partial charge in [-0.3, -0.25) is 9.59 Å². The molecule has 0 aliphatic carbocycles. The Labute approximate surface area is 152 Å². The molecule has 0 atom stereocenters. The molecule has 2 rings (SSSR count). The Bertz CT molecular complexity index is 808. The summed E-state index contributed by atoms with van der Waals surface area (Å²) in [6.45, 7) is 5.12. The molecule has 26 heavy (non-hydrogen) atoms. The Morgan fingerprint density at radius 1 is 1.08 bits per heavy atom. The number of esters is 1. The Morgan fingerprint density at radius 3 is 2.31 bits per heavy atom. The van der Waals surface area contributed by atoms with Crippen LogP contribution in [0.4, 0.5) is 0 Å². The number of fused-ring (bicyclic) bond motifs is 1. The predicted octanol–water partition coefficient (Wildman–Crippen LogP) is 2.51. The summed E-state index contributed by atoms with van der Waals surface area (Å²) in [5.41, 5.74) is -0.375. The van der Waals surface area contributed by atoms with Crippen molar-refractivity contribution < 1.29 is 14.3 Å². The number of aromatic nitrogens is 2. The molecule has 0 bridgehead atoms. The van der Waals surface area contributed by atoms with Gasteiger partial charge in [0, 0.05) is 18.5 Å². The number of carbonyl (C=O) groups excluding carboxylic acids is 2. The molecular formula is C19H25N3O4. The van der Waals surface area contributed by atoms with Crippen molar-refractivity contribution in [3.8, 4) is 0 Å². The number of ether oxygens (including phenoxy) is 1. The van der Waals surface area contributed by atoms with Crippen LogP contribution in [0.25, 0.3) is 10.8 Å². The van der Waals surface area contributed by atoms with E-state index in [0.717, 1.165) is 25.7 Å². The Morgan fingerprint density at radius 2 is 1.69 bits per heavy atom. The number of benzene rings is 1. The first-order chi connectivity index (χ1) is 12.6.